The number of aromatic amines is 1. The number of nitrogens with one attached hydrogen (secondary N) is 1. The molecule has 0 radical (unpaired) electrons. The van der Waals surface area contributed by atoms with Crippen molar-refractivity contribution in [3.05, 3.63) is 83.3 Å². The van der Waals surface area contributed by atoms with Crippen LogP contribution in [0.25, 0.3) is 22.3 Å². The topological polar surface area (TPSA) is 70.8 Å². The lowest BCUT2D eigenvalue weighted by Gasteiger charge is -2.28. The van der Waals surface area contributed by atoms with E-state index in [9.17, 15) is 0 Å². The third kappa shape index (κ3) is 3.56. The van der Waals surface area contributed by atoms with Gasteiger partial charge in [0, 0.05) is 41.7 Å². The van der Waals surface area contributed by atoms with Crippen molar-refractivity contribution in [3.8, 4) is 11.3 Å². The molecule has 1 fully saturated rings. The summed E-state index contributed by atoms with van der Waals surface area (Å²) in [5.74, 6) is 0. The maximum atomic E-state index is 6.49. The van der Waals surface area contributed by atoms with Crippen molar-refractivity contribution in [1.29, 1.82) is 0 Å². The van der Waals surface area contributed by atoms with Crippen LogP contribution in [0.3, 0.4) is 0 Å². The Labute approximate surface area is 195 Å². The van der Waals surface area contributed by atoms with Crippen LogP contribution in [0.4, 0.5) is 0 Å². The molecular formula is C28H31N5. The number of nitrogens with two attached hydrogens (primary N) is 1. The molecule has 2 aromatic carbocycles. The Bertz CT molecular complexity index is 1310. The van der Waals surface area contributed by atoms with Gasteiger partial charge in [-0.05, 0) is 73.5 Å². The number of rotatable bonds is 5. The number of hydrogen-bond acceptors (Lipinski definition) is 4. The molecule has 2 aromatic heterocycles. The van der Waals surface area contributed by atoms with E-state index in [-0.39, 0.29) is 5.41 Å². The summed E-state index contributed by atoms with van der Waals surface area (Å²) in [4.78, 5) is 14.7. The summed E-state index contributed by atoms with van der Waals surface area (Å²) < 4.78 is 0. The Morgan fingerprint density at radius 1 is 1.09 bits per heavy atom. The molecule has 0 bridgehead atoms. The zero-order chi connectivity index (χ0) is 22.4. The van der Waals surface area contributed by atoms with Gasteiger partial charge in [0.1, 0.15) is 12.0 Å². The second kappa shape index (κ2) is 8.08. The Balaban J connectivity index is 1.32. The summed E-state index contributed by atoms with van der Waals surface area (Å²) in [6, 6.07) is 18.7. The van der Waals surface area contributed by atoms with E-state index in [1.54, 1.807) is 6.33 Å². The number of hydrogen-bond donors (Lipinski definition) is 2. The summed E-state index contributed by atoms with van der Waals surface area (Å²) in [7, 11) is 0. The molecule has 0 amide bonds. The number of H-pyrrole nitrogens is 1. The maximum Gasteiger partial charge on any atom is 0.141 e. The minimum atomic E-state index is -0.0673. The third-order valence-electron chi connectivity index (χ3n) is 7.90. The second-order valence-corrected chi connectivity index (χ2v) is 9.95. The van der Waals surface area contributed by atoms with E-state index >= 15 is 0 Å². The monoisotopic (exact) mass is 437 g/mol. The van der Waals surface area contributed by atoms with Crippen molar-refractivity contribution in [2.24, 2.45) is 5.73 Å². The molecule has 3 heterocycles. The van der Waals surface area contributed by atoms with Gasteiger partial charge in [-0.1, -0.05) is 36.4 Å². The number of aromatic nitrogens is 3. The van der Waals surface area contributed by atoms with Gasteiger partial charge in [-0.25, -0.2) is 9.97 Å². The zero-order valence-corrected chi connectivity index (χ0v) is 19.2. The van der Waals surface area contributed by atoms with Gasteiger partial charge in [-0.3, -0.25) is 4.90 Å². The van der Waals surface area contributed by atoms with Crippen LogP contribution in [-0.4, -0.2) is 39.0 Å². The molecule has 2 aliphatic rings. The molecule has 1 unspecified atom stereocenters. The van der Waals surface area contributed by atoms with E-state index in [4.69, 9.17) is 5.73 Å². The molecule has 2 atom stereocenters. The first-order valence-electron chi connectivity index (χ1n) is 12.1. The van der Waals surface area contributed by atoms with E-state index in [2.05, 4.69) is 69.2 Å². The van der Waals surface area contributed by atoms with Gasteiger partial charge in [0.2, 0.25) is 0 Å². The molecule has 0 saturated carbocycles. The van der Waals surface area contributed by atoms with E-state index in [0.29, 0.717) is 12.6 Å². The predicted octanol–water partition coefficient (Wildman–Crippen LogP) is 4.60. The molecule has 1 aliphatic heterocycles. The highest BCUT2D eigenvalue weighted by Gasteiger charge is 2.38. The molecule has 5 nitrogen and oxygen atoms in total. The van der Waals surface area contributed by atoms with Crippen molar-refractivity contribution >= 4 is 11.0 Å². The third-order valence-corrected chi connectivity index (χ3v) is 7.90. The smallest absolute Gasteiger partial charge is 0.141 e. The van der Waals surface area contributed by atoms with Gasteiger partial charge >= 0.3 is 0 Å². The fraction of sp³-hybridized carbons (Fsp3) is 0.357. The number of nitrogens with zero attached hydrogens (tertiary/aromatic N) is 3. The Hall–Kier alpha value is -3.02. The standard InChI is InChI=1S/C28H31N5/c1-19-4-3-11-33(19)16-20-7-8-22-14-28(17-29,15-23(22)12-20)24-6-2-5-21(13-24)26-25-9-10-30-27(25)32-18-31-26/h2,5-10,12-13,18-19H,3-4,11,14-17,29H2,1H3,(H,30,31,32)/t19-,28?/m0/s1. The minimum absolute atomic E-state index is 0.0673. The summed E-state index contributed by atoms with van der Waals surface area (Å²) >= 11 is 0. The van der Waals surface area contributed by atoms with Gasteiger partial charge in [-0.2, -0.15) is 0 Å². The van der Waals surface area contributed by atoms with E-state index < -0.39 is 0 Å². The van der Waals surface area contributed by atoms with Crippen LogP contribution in [-0.2, 0) is 24.8 Å². The van der Waals surface area contributed by atoms with Crippen molar-refractivity contribution in [2.75, 3.05) is 13.1 Å². The molecule has 5 heteroatoms. The maximum absolute atomic E-state index is 6.49. The zero-order valence-electron chi connectivity index (χ0n) is 19.2. The van der Waals surface area contributed by atoms with Crippen LogP contribution in [0, 0.1) is 0 Å². The van der Waals surface area contributed by atoms with Crippen LogP contribution >= 0.6 is 0 Å². The molecule has 168 valence electrons. The predicted molar refractivity (Wildman–Crippen MR) is 133 cm³/mol. The summed E-state index contributed by atoms with van der Waals surface area (Å²) in [5.41, 5.74) is 15.0. The van der Waals surface area contributed by atoms with Gasteiger partial charge in [0.25, 0.3) is 0 Å². The minimum Gasteiger partial charge on any atom is -0.346 e. The van der Waals surface area contributed by atoms with Gasteiger partial charge < -0.3 is 10.7 Å². The first-order valence-corrected chi connectivity index (χ1v) is 12.1. The van der Waals surface area contributed by atoms with Gasteiger partial charge in [0.05, 0.1) is 5.69 Å². The molecule has 1 saturated heterocycles. The lowest BCUT2D eigenvalue weighted by molar-refractivity contribution is 0.260. The van der Waals surface area contributed by atoms with Crippen molar-refractivity contribution in [1.82, 2.24) is 19.9 Å². The normalized spacial score (nSPS) is 22.8. The van der Waals surface area contributed by atoms with Crippen LogP contribution in [0.2, 0.25) is 0 Å². The quantitative estimate of drug-likeness (QED) is 0.479. The lowest BCUT2D eigenvalue weighted by atomic mass is 9.77. The van der Waals surface area contributed by atoms with Crippen molar-refractivity contribution in [3.63, 3.8) is 0 Å². The summed E-state index contributed by atoms with van der Waals surface area (Å²) in [6.07, 6.45) is 8.18. The van der Waals surface area contributed by atoms with Crippen LogP contribution in [0.15, 0.2) is 61.1 Å². The molecular weight excluding hydrogens is 406 g/mol. The number of fused-ring (bicyclic) bond motifs is 2. The van der Waals surface area contributed by atoms with Gasteiger partial charge in [0.15, 0.2) is 0 Å². The summed E-state index contributed by atoms with van der Waals surface area (Å²) in [6.45, 7) is 5.26. The Morgan fingerprint density at radius 2 is 2.00 bits per heavy atom. The molecule has 33 heavy (non-hydrogen) atoms. The highest BCUT2D eigenvalue weighted by Crippen LogP contribution is 2.41. The Morgan fingerprint density at radius 3 is 2.85 bits per heavy atom. The molecule has 6 rings (SSSR count). The number of likely N-dealkylation sites (tertiary alicyclic amines) is 1. The first-order chi connectivity index (χ1) is 16.1. The highest BCUT2D eigenvalue weighted by atomic mass is 15.2. The van der Waals surface area contributed by atoms with Gasteiger partial charge in [-0.15, -0.1) is 0 Å². The highest BCUT2D eigenvalue weighted by molar-refractivity contribution is 5.90. The average molecular weight is 438 g/mol. The molecule has 0 spiro atoms. The fourth-order valence-corrected chi connectivity index (χ4v) is 5.93. The molecule has 3 N–H and O–H groups in total. The van der Waals surface area contributed by atoms with E-state index in [0.717, 1.165) is 41.7 Å². The van der Waals surface area contributed by atoms with Crippen LogP contribution in [0.1, 0.15) is 42.0 Å². The Kier molecular flexibility index (Phi) is 5.04. The molecule has 1 aliphatic carbocycles. The van der Waals surface area contributed by atoms with Crippen molar-refractivity contribution in [2.45, 2.75) is 50.6 Å². The SMILES string of the molecule is C[C@H]1CCCN1Cc1ccc2c(c1)CC(CN)(c1cccc(-c3ncnc4[nH]ccc34)c1)C2. The molecule has 4 aromatic rings. The second-order valence-electron chi connectivity index (χ2n) is 9.95. The first kappa shape index (κ1) is 20.6. The lowest BCUT2D eigenvalue weighted by Crippen LogP contribution is -2.36. The average Bonchev–Trinajstić information content (AvgIpc) is 3.57. The number of benzene rings is 2. The van der Waals surface area contributed by atoms with Crippen LogP contribution < -0.4 is 5.73 Å². The largest absolute Gasteiger partial charge is 0.346 e. The van der Waals surface area contributed by atoms with E-state index in [1.165, 1.54) is 41.6 Å². The van der Waals surface area contributed by atoms with Crippen molar-refractivity contribution < 1.29 is 0 Å². The fourth-order valence-electron chi connectivity index (χ4n) is 5.93. The van der Waals surface area contributed by atoms with Crippen LogP contribution in [0.5, 0.6) is 0 Å². The summed E-state index contributed by atoms with van der Waals surface area (Å²) in [5, 5.41) is 1.05. The van der Waals surface area contributed by atoms with E-state index in [1.807, 2.05) is 12.3 Å².